The van der Waals surface area contributed by atoms with E-state index in [1.165, 1.54) is 0 Å². The standard InChI is InChI=1S/C19H25N5O.C16H19N5.C3H7BrO/c1-19(2)10-15(21-8-9-25-3)12-24(13-19)16-5-4-14(11-20)17-18(16)23-7-6-22-17;1-16(2)7-12(18)9-21(10-16)13-4-3-11(8-17)14-15(13)20-6-5-19-14;1-5-3-2-4/h4-7,15,21H,8-10,12-13H2,1-3H3;3-6,12H,7,9-10,18H2,1-2H3;2-3H2,1H3/t15-;12-;/m11./s1. The van der Waals surface area contributed by atoms with Crippen LogP contribution < -0.4 is 20.9 Å². The van der Waals surface area contributed by atoms with E-state index in [-0.39, 0.29) is 16.9 Å². The Morgan fingerprint density at radius 1 is 0.765 bits per heavy atom. The number of hydrogen-bond acceptors (Lipinski definition) is 12. The molecule has 0 amide bonds. The average Bonchev–Trinajstić information content (AvgIpc) is 3.10. The van der Waals surface area contributed by atoms with E-state index in [4.69, 9.17) is 10.5 Å². The Hall–Kier alpha value is -3.98. The molecule has 4 aromatic rings. The molecule has 3 N–H and O–H groups in total. The largest absolute Gasteiger partial charge is 0.384 e. The van der Waals surface area contributed by atoms with E-state index in [1.54, 1.807) is 39.0 Å². The molecule has 0 saturated carbocycles. The summed E-state index contributed by atoms with van der Waals surface area (Å²) in [5.41, 5.74) is 12.7. The van der Waals surface area contributed by atoms with Crippen molar-refractivity contribution in [2.24, 2.45) is 16.6 Å². The van der Waals surface area contributed by atoms with E-state index < -0.39 is 0 Å². The number of alkyl halides is 1. The summed E-state index contributed by atoms with van der Waals surface area (Å²) in [5, 5.41) is 23.1. The number of aromatic nitrogens is 4. The Kier molecular flexibility index (Phi) is 14.4. The van der Waals surface area contributed by atoms with Gasteiger partial charge in [0, 0.05) is 89.1 Å². The van der Waals surface area contributed by atoms with Crippen LogP contribution in [0.2, 0.25) is 0 Å². The lowest BCUT2D eigenvalue weighted by Crippen LogP contribution is -2.53. The van der Waals surface area contributed by atoms with Gasteiger partial charge in [0.25, 0.3) is 0 Å². The van der Waals surface area contributed by atoms with Crippen LogP contribution in [0.3, 0.4) is 0 Å². The maximum absolute atomic E-state index is 9.33. The summed E-state index contributed by atoms with van der Waals surface area (Å²) in [7, 11) is 3.40. The quantitative estimate of drug-likeness (QED) is 0.173. The first-order valence-corrected chi connectivity index (χ1v) is 18.4. The monoisotopic (exact) mass is 758 g/mol. The van der Waals surface area contributed by atoms with Gasteiger partial charge in [-0.15, -0.1) is 0 Å². The Balaban J connectivity index is 0.000000204. The highest BCUT2D eigenvalue weighted by Gasteiger charge is 2.34. The molecule has 2 aromatic carbocycles. The van der Waals surface area contributed by atoms with Gasteiger partial charge in [0.1, 0.15) is 34.2 Å². The fourth-order valence-corrected chi connectivity index (χ4v) is 7.39. The zero-order chi connectivity index (χ0) is 37.0. The normalized spacial score (nSPS) is 19.3. The highest BCUT2D eigenvalue weighted by molar-refractivity contribution is 9.09. The zero-order valence-electron chi connectivity index (χ0n) is 30.7. The molecule has 51 heavy (non-hydrogen) atoms. The minimum absolute atomic E-state index is 0.149. The zero-order valence-corrected chi connectivity index (χ0v) is 32.3. The Morgan fingerprint density at radius 3 is 1.67 bits per heavy atom. The molecule has 2 saturated heterocycles. The second-order valence-corrected chi connectivity index (χ2v) is 15.4. The molecule has 2 aliphatic heterocycles. The molecule has 2 aliphatic rings. The highest BCUT2D eigenvalue weighted by atomic mass is 79.9. The smallest absolute Gasteiger partial charge is 0.113 e. The minimum Gasteiger partial charge on any atom is -0.384 e. The molecular weight excluding hydrogens is 708 g/mol. The van der Waals surface area contributed by atoms with Gasteiger partial charge in [0.15, 0.2) is 0 Å². The fourth-order valence-electron chi connectivity index (χ4n) is 7.07. The summed E-state index contributed by atoms with van der Waals surface area (Å²) in [4.78, 5) is 22.3. The number of rotatable bonds is 8. The molecule has 2 fully saturated rings. The number of nitrogens with zero attached hydrogens (tertiary/aromatic N) is 8. The van der Waals surface area contributed by atoms with E-state index in [9.17, 15) is 10.5 Å². The molecule has 13 heteroatoms. The van der Waals surface area contributed by atoms with E-state index in [0.29, 0.717) is 34.8 Å². The molecule has 272 valence electrons. The van der Waals surface area contributed by atoms with Crippen molar-refractivity contribution >= 4 is 49.4 Å². The van der Waals surface area contributed by atoms with Gasteiger partial charge < -0.3 is 30.3 Å². The summed E-state index contributed by atoms with van der Waals surface area (Å²) in [6.45, 7) is 15.0. The molecule has 0 aliphatic carbocycles. The van der Waals surface area contributed by atoms with E-state index in [2.05, 4.69) is 95.6 Å². The predicted octanol–water partition coefficient (Wildman–Crippen LogP) is 5.44. The van der Waals surface area contributed by atoms with Crippen molar-refractivity contribution in [2.75, 3.05) is 75.3 Å². The van der Waals surface area contributed by atoms with Crippen LogP contribution in [0.1, 0.15) is 51.7 Å². The second kappa shape index (κ2) is 18.5. The maximum Gasteiger partial charge on any atom is 0.113 e. The first-order chi connectivity index (χ1) is 24.5. The molecule has 2 atom stereocenters. The van der Waals surface area contributed by atoms with Gasteiger partial charge in [-0.05, 0) is 47.9 Å². The number of methoxy groups -OCH3 is 2. The average molecular weight is 760 g/mol. The van der Waals surface area contributed by atoms with Crippen LogP contribution in [0.5, 0.6) is 0 Å². The number of hydrogen-bond donors (Lipinski definition) is 2. The molecule has 0 unspecified atom stereocenters. The van der Waals surface area contributed by atoms with E-state index in [0.717, 1.165) is 79.9 Å². The first kappa shape index (κ1) is 39.8. The maximum atomic E-state index is 9.33. The first-order valence-electron chi connectivity index (χ1n) is 17.3. The molecule has 12 nitrogen and oxygen atoms in total. The fraction of sp³-hybridized carbons (Fsp3) is 0.526. The second-order valence-electron chi connectivity index (χ2n) is 14.6. The Labute approximate surface area is 310 Å². The SMILES string of the molecule is CC1(C)C[C@@H](N)CN(c2ccc(C#N)c3nccnc23)C1.COCCBr.COCCN[C@H]1CN(c2ccc(C#N)c3nccnc23)CC(C)(C)C1. The van der Waals surface area contributed by atoms with Crippen molar-refractivity contribution in [3.05, 3.63) is 60.2 Å². The lowest BCUT2D eigenvalue weighted by molar-refractivity contribution is 0.183. The number of nitrogens with two attached hydrogens (primary N) is 1. The summed E-state index contributed by atoms with van der Waals surface area (Å²) < 4.78 is 9.80. The van der Waals surface area contributed by atoms with Crippen molar-refractivity contribution in [3.63, 3.8) is 0 Å². The lowest BCUT2D eigenvalue weighted by Gasteiger charge is -2.44. The third-order valence-electron chi connectivity index (χ3n) is 8.90. The predicted molar refractivity (Wildman–Crippen MR) is 207 cm³/mol. The number of benzene rings is 2. The summed E-state index contributed by atoms with van der Waals surface area (Å²) in [6, 6.07) is 12.6. The number of halogens is 1. The van der Waals surface area contributed by atoms with Gasteiger partial charge in [0.2, 0.25) is 0 Å². The molecule has 2 aromatic heterocycles. The lowest BCUT2D eigenvalue weighted by atomic mass is 9.81. The van der Waals surface area contributed by atoms with Crippen molar-refractivity contribution in [1.82, 2.24) is 25.3 Å². The third kappa shape index (κ3) is 10.8. The van der Waals surface area contributed by atoms with Crippen LogP contribution in [0.4, 0.5) is 11.4 Å². The number of nitrogens with one attached hydrogen (secondary N) is 1. The molecule has 0 spiro atoms. The minimum atomic E-state index is 0.149. The highest BCUT2D eigenvalue weighted by Crippen LogP contribution is 2.36. The number of ether oxygens (including phenoxy) is 2. The summed E-state index contributed by atoms with van der Waals surface area (Å²) in [6.07, 6.45) is 8.76. The topological polar surface area (TPSA) is 162 Å². The van der Waals surface area contributed by atoms with E-state index in [1.807, 2.05) is 24.3 Å². The molecule has 0 radical (unpaired) electrons. The van der Waals surface area contributed by atoms with Crippen LogP contribution in [0.15, 0.2) is 49.1 Å². The van der Waals surface area contributed by atoms with Gasteiger partial charge in [-0.1, -0.05) is 43.6 Å². The molecule has 0 bridgehead atoms. The van der Waals surface area contributed by atoms with Crippen molar-refractivity contribution < 1.29 is 9.47 Å². The molecule has 6 rings (SSSR count). The molecular formula is C38H51BrN10O2. The Bertz CT molecular complexity index is 1820. The van der Waals surface area contributed by atoms with Gasteiger partial charge in [-0.3, -0.25) is 19.9 Å². The van der Waals surface area contributed by atoms with Gasteiger partial charge >= 0.3 is 0 Å². The van der Waals surface area contributed by atoms with E-state index >= 15 is 0 Å². The molecule has 4 heterocycles. The summed E-state index contributed by atoms with van der Waals surface area (Å²) >= 11 is 3.18. The Morgan fingerprint density at radius 2 is 1.24 bits per heavy atom. The van der Waals surface area contributed by atoms with Crippen molar-refractivity contribution in [1.29, 1.82) is 10.5 Å². The van der Waals surface area contributed by atoms with Gasteiger partial charge in [-0.25, -0.2) is 0 Å². The van der Waals surface area contributed by atoms with Crippen LogP contribution in [0.25, 0.3) is 22.1 Å². The van der Waals surface area contributed by atoms with Crippen molar-refractivity contribution in [2.45, 2.75) is 52.6 Å². The number of nitriles is 2. The summed E-state index contributed by atoms with van der Waals surface area (Å²) in [5.74, 6) is 0. The van der Waals surface area contributed by atoms with Crippen LogP contribution in [0, 0.1) is 33.5 Å². The number of fused-ring (bicyclic) bond motifs is 2. The van der Waals surface area contributed by atoms with Crippen molar-refractivity contribution in [3.8, 4) is 12.1 Å². The van der Waals surface area contributed by atoms with Crippen LogP contribution >= 0.6 is 15.9 Å². The van der Waals surface area contributed by atoms with Crippen LogP contribution in [-0.2, 0) is 9.47 Å². The number of anilines is 2. The number of piperidine rings is 2. The van der Waals surface area contributed by atoms with Gasteiger partial charge in [0.05, 0.1) is 35.7 Å². The van der Waals surface area contributed by atoms with Crippen LogP contribution in [-0.4, -0.2) is 97.5 Å². The third-order valence-corrected chi connectivity index (χ3v) is 9.22. The van der Waals surface area contributed by atoms with Gasteiger partial charge in [-0.2, -0.15) is 10.5 Å².